The highest BCUT2D eigenvalue weighted by atomic mass is 32.2. The maximum atomic E-state index is 13.7. The summed E-state index contributed by atoms with van der Waals surface area (Å²) in [6.07, 6.45) is 2.39. The minimum Gasteiger partial charge on any atom is -0.467 e. The Bertz CT molecular complexity index is 1560. The van der Waals surface area contributed by atoms with Crippen LogP contribution in [0, 0.1) is 13.8 Å². The van der Waals surface area contributed by atoms with Gasteiger partial charge in [0.2, 0.25) is 0 Å². The number of piperidine rings is 1. The quantitative estimate of drug-likeness (QED) is 0.300. The molecule has 1 unspecified atom stereocenters. The molecule has 1 aromatic heterocycles. The lowest BCUT2D eigenvalue weighted by atomic mass is 9.87. The maximum Gasteiger partial charge on any atom is 0.410 e. The fourth-order valence-electron chi connectivity index (χ4n) is 5.06. The van der Waals surface area contributed by atoms with Crippen molar-refractivity contribution in [1.29, 1.82) is 0 Å². The first-order valence-corrected chi connectivity index (χ1v) is 15.0. The minimum absolute atomic E-state index is 0.0165. The number of likely N-dealkylation sites (tertiary alicyclic amines) is 1. The van der Waals surface area contributed by atoms with E-state index in [0.717, 1.165) is 11.1 Å². The van der Waals surface area contributed by atoms with Crippen molar-refractivity contribution in [1.82, 2.24) is 13.9 Å². The molecule has 1 fully saturated rings. The number of rotatable bonds is 7. The lowest BCUT2D eigenvalue weighted by molar-refractivity contribution is -0.140. The van der Waals surface area contributed by atoms with Crippen molar-refractivity contribution in [3.05, 3.63) is 66.0 Å². The zero-order valence-corrected chi connectivity index (χ0v) is 25.2. The topological polar surface area (TPSA) is 120 Å². The number of amides is 1. The zero-order chi connectivity index (χ0) is 30.1. The number of carbonyl (C=O) groups is 2. The number of anilines is 1. The standard InChI is InChI=1S/C30H38N4O6S/c1-8-24(28(35)39-7)32-26-23(21-15-17-33(18-16-21)29(36)40-30(4,5)6)13-14-25-27(26)31-20(3)34(25)41(37,38)22-11-9-19(2)10-12-22/h8-14,21,24,32H,1,15-18H2,2-7H3. The molecular formula is C30H38N4O6S. The number of aryl methyl sites for hydroxylation is 2. The van der Waals surface area contributed by atoms with Crippen LogP contribution in [0.1, 0.15) is 56.5 Å². The number of benzene rings is 2. The summed E-state index contributed by atoms with van der Waals surface area (Å²) < 4.78 is 39.2. The number of esters is 1. The Labute approximate surface area is 241 Å². The summed E-state index contributed by atoms with van der Waals surface area (Å²) >= 11 is 0. The van der Waals surface area contributed by atoms with Gasteiger partial charge in [-0.2, -0.15) is 0 Å². The summed E-state index contributed by atoms with van der Waals surface area (Å²) in [4.78, 5) is 31.7. The highest BCUT2D eigenvalue weighted by molar-refractivity contribution is 7.90. The number of nitrogens with zero attached hydrogens (tertiary/aromatic N) is 3. The van der Waals surface area contributed by atoms with Crippen molar-refractivity contribution in [3.63, 3.8) is 0 Å². The third kappa shape index (κ3) is 6.24. The molecule has 11 heteroatoms. The van der Waals surface area contributed by atoms with Crippen molar-refractivity contribution in [2.45, 2.75) is 69.9 Å². The highest BCUT2D eigenvalue weighted by Crippen LogP contribution is 2.39. The van der Waals surface area contributed by atoms with Crippen LogP contribution in [0.2, 0.25) is 0 Å². The first-order chi connectivity index (χ1) is 19.3. The number of carbonyl (C=O) groups excluding carboxylic acids is 2. The largest absolute Gasteiger partial charge is 0.467 e. The molecule has 4 rings (SSSR count). The average molecular weight is 583 g/mol. The molecular weight excluding hydrogens is 544 g/mol. The lowest BCUT2D eigenvalue weighted by Crippen LogP contribution is -2.41. The van der Waals surface area contributed by atoms with Gasteiger partial charge < -0.3 is 19.7 Å². The van der Waals surface area contributed by atoms with Gasteiger partial charge >= 0.3 is 12.1 Å². The molecule has 0 aliphatic carbocycles. The number of ether oxygens (including phenoxy) is 2. The molecule has 2 heterocycles. The number of hydrogen-bond acceptors (Lipinski definition) is 8. The van der Waals surface area contributed by atoms with Gasteiger partial charge in [-0.3, -0.25) is 0 Å². The van der Waals surface area contributed by atoms with Gasteiger partial charge in [0.05, 0.1) is 23.2 Å². The van der Waals surface area contributed by atoms with Gasteiger partial charge in [0.15, 0.2) is 0 Å². The molecule has 1 saturated heterocycles. The van der Waals surface area contributed by atoms with Crippen LogP contribution in [0.3, 0.4) is 0 Å². The van der Waals surface area contributed by atoms with E-state index in [1.807, 2.05) is 33.8 Å². The Morgan fingerprint density at radius 2 is 1.73 bits per heavy atom. The number of fused-ring (bicyclic) bond motifs is 1. The smallest absolute Gasteiger partial charge is 0.410 e. The van der Waals surface area contributed by atoms with Gasteiger partial charge in [-0.1, -0.05) is 29.8 Å². The van der Waals surface area contributed by atoms with E-state index in [1.54, 1.807) is 42.2 Å². The van der Waals surface area contributed by atoms with Crippen LogP contribution >= 0.6 is 0 Å². The van der Waals surface area contributed by atoms with Gasteiger partial charge in [-0.15, -0.1) is 6.58 Å². The number of methoxy groups -OCH3 is 1. The summed E-state index contributed by atoms with van der Waals surface area (Å²) in [5, 5.41) is 3.22. The van der Waals surface area contributed by atoms with Gasteiger partial charge in [-0.25, -0.2) is 27.0 Å². The summed E-state index contributed by atoms with van der Waals surface area (Å²) in [6, 6.07) is 9.40. The fraction of sp³-hybridized carbons (Fsp3) is 0.433. The third-order valence-corrected chi connectivity index (χ3v) is 8.92. The molecule has 1 N–H and O–H groups in total. The van der Waals surface area contributed by atoms with Crippen molar-refractivity contribution < 1.29 is 27.5 Å². The second-order valence-corrected chi connectivity index (χ2v) is 13.0. The molecule has 41 heavy (non-hydrogen) atoms. The molecule has 0 bridgehead atoms. The number of nitrogens with one attached hydrogen (secondary N) is 1. The van der Waals surface area contributed by atoms with Crippen molar-refractivity contribution >= 4 is 38.8 Å². The Morgan fingerprint density at radius 3 is 2.29 bits per heavy atom. The molecule has 1 aliphatic heterocycles. The van der Waals surface area contributed by atoms with Crippen molar-refractivity contribution in [2.24, 2.45) is 0 Å². The van der Waals surface area contributed by atoms with E-state index in [1.165, 1.54) is 17.2 Å². The van der Waals surface area contributed by atoms with Crippen LogP contribution in [0.25, 0.3) is 11.0 Å². The van der Waals surface area contributed by atoms with Crippen LogP contribution in [0.15, 0.2) is 53.9 Å². The van der Waals surface area contributed by atoms with Crippen molar-refractivity contribution in [2.75, 3.05) is 25.5 Å². The predicted octanol–water partition coefficient (Wildman–Crippen LogP) is 5.14. The van der Waals surface area contributed by atoms with Crippen LogP contribution in [0.5, 0.6) is 0 Å². The lowest BCUT2D eigenvalue weighted by Gasteiger charge is -2.34. The normalized spacial score (nSPS) is 15.4. The van der Waals surface area contributed by atoms with E-state index in [-0.39, 0.29) is 22.7 Å². The van der Waals surface area contributed by atoms with Gasteiger partial charge in [0, 0.05) is 13.1 Å². The Kier molecular flexibility index (Phi) is 8.49. The van der Waals surface area contributed by atoms with E-state index in [9.17, 15) is 18.0 Å². The summed E-state index contributed by atoms with van der Waals surface area (Å²) in [5.41, 5.74) is 2.57. The van der Waals surface area contributed by atoms with E-state index >= 15 is 0 Å². The summed E-state index contributed by atoms with van der Waals surface area (Å²) in [5.74, 6) is -0.234. The summed E-state index contributed by atoms with van der Waals surface area (Å²) in [6.45, 7) is 13.8. The Morgan fingerprint density at radius 1 is 1.10 bits per heavy atom. The molecule has 0 saturated carbocycles. The molecule has 1 atom stereocenters. The average Bonchev–Trinajstić information content (AvgIpc) is 3.27. The first-order valence-electron chi connectivity index (χ1n) is 13.6. The van der Waals surface area contributed by atoms with Crippen LogP contribution in [-0.4, -0.2) is 66.2 Å². The number of imidazole rings is 1. The minimum atomic E-state index is -3.95. The van der Waals surface area contributed by atoms with E-state index in [4.69, 9.17) is 9.47 Å². The monoisotopic (exact) mass is 582 g/mol. The number of aromatic nitrogens is 2. The van der Waals surface area contributed by atoms with Crippen LogP contribution in [-0.2, 0) is 24.3 Å². The van der Waals surface area contributed by atoms with E-state index < -0.39 is 27.6 Å². The van der Waals surface area contributed by atoms with Gasteiger partial charge in [-0.05, 0) is 77.1 Å². The van der Waals surface area contributed by atoms with Crippen LogP contribution in [0.4, 0.5) is 10.5 Å². The van der Waals surface area contributed by atoms with E-state index in [2.05, 4.69) is 16.9 Å². The molecule has 1 amide bonds. The van der Waals surface area contributed by atoms with E-state index in [0.29, 0.717) is 42.7 Å². The zero-order valence-electron chi connectivity index (χ0n) is 24.4. The third-order valence-electron chi connectivity index (χ3n) is 7.11. The molecule has 0 spiro atoms. The fourth-order valence-corrected chi connectivity index (χ4v) is 6.55. The molecule has 10 nitrogen and oxygen atoms in total. The van der Waals surface area contributed by atoms with Crippen molar-refractivity contribution in [3.8, 4) is 0 Å². The summed E-state index contributed by atoms with van der Waals surface area (Å²) in [7, 11) is -2.66. The maximum absolute atomic E-state index is 13.7. The molecule has 2 aromatic carbocycles. The Hall–Kier alpha value is -3.86. The first kappa shape index (κ1) is 30.1. The molecule has 0 radical (unpaired) electrons. The van der Waals surface area contributed by atoms with Gasteiger partial charge in [0.25, 0.3) is 10.0 Å². The molecule has 3 aromatic rings. The van der Waals surface area contributed by atoms with Gasteiger partial charge in [0.1, 0.15) is 23.0 Å². The Balaban J connectivity index is 1.78. The second kappa shape index (κ2) is 11.6. The highest BCUT2D eigenvalue weighted by Gasteiger charge is 2.32. The van der Waals surface area contributed by atoms with Crippen LogP contribution < -0.4 is 5.32 Å². The predicted molar refractivity (Wildman–Crippen MR) is 158 cm³/mol. The second-order valence-electron chi connectivity index (χ2n) is 11.3. The molecule has 1 aliphatic rings. The number of hydrogen-bond donors (Lipinski definition) is 1. The molecule has 220 valence electrons. The SMILES string of the molecule is C=CC(Nc1c(C2CCN(C(=O)OC(C)(C)C)CC2)ccc2c1nc(C)n2S(=O)(=O)c1ccc(C)cc1)C(=O)OC.